The van der Waals surface area contributed by atoms with E-state index >= 15 is 0 Å². The summed E-state index contributed by atoms with van der Waals surface area (Å²) in [6, 6.07) is 0. The largest absolute Gasteiger partial charge is 0.299 e. The van der Waals surface area contributed by atoms with Gasteiger partial charge in [-0.15, -0.1) is 0 Å². The molecule has 0 aromatic heterocycles. The molecule has 0 heterocycles. The second-order valence-electron chi connectivity index (χ2n) is 8.44. The molecular formula is C25H52O. The van der Waals surface area contributed by atoms with Gasteiger partial charge in [-0.3, -0.25) is 4.79 Å². The first-order valence-electron chi connectivity index (χ1n) is 12.0. The van der Waals surface area contributed by atoms with Crippen LogP contribution in [-0.2, 0) is 4.79 Å². The summed E-state index contributed by atoms with van der Waals surface area (Å²) >= 11 is 0. The molecule has 0 aromatic rings. The summed E-state index contributed by atoms with van der Waals surface area (Å²) in [6.45, 7) is 15.5. The fourth-order valence-corrected chi connectivity index (χ4v) is 3.43. The third-order valence-electron chi connectivity index (χ3n) is 5.73. The number of hydrogen-bond acceptors (Lipinski definition) is 1. The van der Waals surface area contributed by atoms with E-state index in [1.54, 1.807) is 0 Å². The van der Waals surface area contributed by atoms with Crippen LogP contribution in [0.4, 0.5) is 0 Å². The van der Waals surface area contributed by atoms with E-state index in [2.05, 4.69) is 41.5 Å². The van der Waals surface area contributed by atoms with Gasteiger partial charge in [0.2, 0.25) is 0 Å². The van der Waals surface area contributed by atoms with Crippen molar-refractivity contribution in [3.8, 4) is 0 Å². The van der Waals surface area contributed by atoms with Crippen molar-refractivity contribution < 1.29 is 4.79 Å². The second kappa shape index (κ2) is 21.0. The number of unbranched alkanes of at least 4 members (excludes halogenated alkanes) is 7. The fourth-order valence-electron chi connectivity index (χ4n) is 3.43. The average Bonchev–Trinajstić information content (AvgIpc) is 2.68. The van der Waals surface area contributed by atoms with E-state index in [1.807, 2.05) is 6.92 Å². The van der Waals surface area contributed by atoms with Crippen LogP contribution in [0.1, 0.15) is 138 Å². The lowest BCUT2D eigenvalue weighted by atomic mass is 9.75. The first-order chi connectivity index (χ1) is 12.5. The third-order valence-corrected chi connectivity index (χ3v) is 5.73. The van der Waals surface area contributed by atoms with E-state index in [1.165, 1.54) is 70.6 Å². The number of hydrogen-bond donors (Lipinski definition) is 0. The molecule has 1 aliphatic carbocycles. The van der Waals surface area contributed by atoms with Gasteiger partial charge in [-0.25, -0.2) is 0 Å². The van der Waals surface area contributed by atoms with Crippen LogP contribution in [0.25, 0.3) is 0 Å². The first-order valence-corrected chi connectivity index (χ1v) is 12.0. The van der Waals surface area contributed by atoms with Crippen LogP contribution in [-0.4, -0.2) is 5.78 Å². The minimum atomic E-state index is 0.403. The van der Waals surface area contributed by atoms with Gasteiger partial charge >= 0.3 is 0 Å². The van der Waals surface area contributed by atoms with Gasteiger partial charge in [0.15, 0.2) is 0 Å². The van der Waals surface area contributed by atoms with E-state index in [4.69, 9.17) is 0 Å². The number of carbonyl (C=O) groups is 1. The highest BCUT2D eigenvalue weighted by molar-refractivity contribution is 5.80. The van der Waals surface area contributed by atoms with Crippen molar-refractivity contribution in [3.05, 3.63) is 0 Å². The van der Waals surface area contributed by atoms with Crippen LogP contribution >= 0.6 is 0 Å². The zero-order valence-electron chi connectivity index (χ0n) is 19.5. The summed E-state index contributed by atoms with van der Waals surface area (Å²) in [5.74, 6) is 2.57. The van der Waals surface area contributed by atoms with Gasteiger partial charge in [0.1, 0.15) is 5.78 Å². The molecule has 0 amide bonds. The lowest BCUT2D eigenvalue weighted by Gasteiger charge is -2.29. The van der Waals surface area contributed by atoms with Gasteiger partial charge in [-0.1, -0.05) is 106 Å². The normalized spacial score (nSPS) is 19.2. The van der Waals surface area contributed by atoms with Crippen LogP contribution < -0.4 is 0 Å². The summed E-state index contributed by atoms with van der Waals surface area (Å²) in [5.41, 5.74) is 0. The highest BCUT2D eigenvalue weighted by Crippen LogP contribution is 2.33. The molecule has 1 saturated carbocycles. The number of Topliss-reactive ketones (excluding diaryl/α,β-unsaturated/α-hetero) is 1. The Kier molecular flexibility index (Phi) is 22.5. The van der Waals surface area contributed by atoms with Crippen LogP contribution in [0.5, 0.6) is 0 Å². The number of rotatable bonds is 10. The van der Waals surface area contributed by atoms with Crippen molar-refractivity contribution in [2.24, 2.45) is 17.8 Å². The van der Waals surface area contributed by atoms with Crippen molar-refractivity contribution in [2.75, 3.05) is 0 Å². The Hall–Kier alpha value is -0.330. The summed E-state index contributed by atoms with van der Waals surface area (Å²) in [5, 5.41) is 0. The Morgan fingerprint density at radius 2 is 1.12 bits per heavy atom. The van der Waals surface area contributed by atoms with Crippen LogP contribution in [0.15, 0.2) is 0 Å². The molecule has 1 rings (SSSR count). The molecule has 158 valence electrons. The Bertz CT molecular complexity index is 266. The number of ketones is 1. The topological polar surface area (TPSA) is 17.1 Å². The zero-order chi connectivity index (χ0) is 20.2. The predicted molar refractivity (Wildman–Crippen MR) is 120 cm³/mol. The molecule has 0 bridgehead atoms. The molecule has 26 heavy (non-hydrogen) atoms. The molecule has 0 unspecified atom stereocenters. The molecule has 0 spiro atoms. The lowest BCUT2D eigenvalue weighted by molar-refractivity contribution is -0.123. The quantitative estimate of drug-likeness (QED) is 0.351. The average molecular weight is 369 g/mol. The number of carbonyl (C=O) groups excluding carboxylic acids is 1. The zero-order valence-corrected chi connectivity index (χ0v) is 19.5. The summed E-state index contributed by atoms with van der Waals surface area (Å²) in [7, 11) is 0. The Balaban J connectivity index is 0. The van der Waals surface area contributed by atoms with Gasteiger partial charge in [0.25, 0.3) is 0 Å². The van der Waals surface area contributed by atoms with Gasteiger partial charge in [-0.05, 0) is 37.5 Å². The fraction of sp³-hybridized carbons (Fsp3) is 0.960. The van der Waals surface area contributed by atoms with E-state index in [0.717, 1.165) is 31.1 Å². The van der Waals surface area contributed by atoms with Crippen molar-refractivity contribution in [3.63, 3.8) is 0 Å². The monoisotopic (exact) mass is 368 g/mol. The molecule has 0 aromatic carbocycles. The Morgan fingerprint density at radius 1 is 0.692 bits per heavy atom. The van der Waals surface area contributed by atoms with E-state index in [-0.39, 0.29) is 0 Å². The molecule has 1 heteroatoms. The van der Waals surface area contributed by atoms with Crippen molar-refractivity contribution in [2.45, 2.75) is 138 Å². The first kappa shape index (κ1) is 27.9. The standard InChI is InChI=1S/C12H22O.C9H20.C4H10/c1-4-12(13)11-7-5-10(6-8-11)9(2)3;1-3-5-7-9-8-6-4-2;1-3-4-2/h9-11H,4-8H2,1-3H3;3-9H2,1-2H3;3-4H2,1-2H3. The van der Waals surface area contributed by atoms with Crippen LogP contribution in [0, 0.1) is 17.8 Å². The van der Waals surface area contributed by atoms with E-state index in [0.29, 0.717) is 11.7 Å². The van der Waals surface area contributed by atoms with Gasteiger partial charge in [0.05, 0.1) is 0 Å². The Labute approximate surface area is 167 Å². The molecule has 0 radical (unpaired) electrons. The van der Waals surface area contributed by atoms with Gasteiger partial charge in [-0.2, -0.15) is 0 Å². The minimum absolute atomic E-state index is 0.403. The van der Waals surface area contributed by atoms with Gasteiger partial charge in [0, 0.05) is 12.3 Å². The summed E-state index contributed by atoms with van der Waals surface area (Å²) < 4.78 is 0. The maximum absolute atomic E-state index is 11.4. The Morgan fingerprint density at radius 3 is 1.42 bits per heavy atom. The molecular weight excluding hydrogens is 316 g/mol. The van der Waals surface area contributed by atoms with Crippen LogP contribution in [0.2, 0.25) is 0 Å². The SMILES string of the molecule is CCC(=O)C1CCC(C(C)C)CC1.CCCC.CCCCCCCCC. The third kappa shape index (κ3) is 17.1. The van der Waals surface area contributed by atoms with Crippen molar-refractivity contribution in [1.82, 2.24) is 0 Å². The summed E-state index contributed by atoms with van der Waals surface area (Å²) in [4.78, 5) is 11.4. The van der Waals surface area contributed by atoms with Crippen molar-refractivity contribution in [1.29, 1.82) is 0 Å². The second-order valence-corrected chi connectivity index (χ2v) is 8.44. The van der Waals surface area contributed by atoms with E-state index < -0.39 is 0 Å². The molecule has 1 nitrogen and oxygen atoms in total. The maximum atomic E-state index is 11.4. The maximum Gasteiger partial charge on any atom is 0.135 e. The molecule has 0 aliphatic heterocycles. The summed E-state index contributed by atoms with van der Waals surface area (Å²) in [6.07, 6.45) is 18.2. The highest BCUT2D eigenvalue weighted by atomic mass is 16.1. The lowest BCUT2D eigenvalue weighted by Crippen LogP contribution is -2.23. The van der Waals surface area contributed by atoms with E-state index in [9.17, 15) is 4.79 Å². The van der Waals surface area contributed by atoms with Gasteiger partial charge < -0.3 is 0 Å². The smallest absolute Gasteiger partial charge is 0.135 e. The minimum Gasteiger partial charge on any atom is -0.299 e. The van der Waals surface area contributed by atoms with Crippen LogP contribution in [0.3, 0.4) is 0 Å². The predicted octanol–water partition coefficient (Wildman–Crippen LogP) is 8.99. The molecule has 0 atom stereocenters. The van der Waals surface area contributed by atoms with Crippen molar-refractivity contribution >= 4 is 5.78 Å². The highest BCUT2D eigenvalue weighted by Gasteiger charge is 2.26. The molecule has 0 saturated heterocycles. The molecule has 0 N–H and O–H groups in total. The molecule has 1 aliphatic rings. The molecule has 1 fully saturated rings.